The number of hydrogen-bond donors (Lipinski definition) is 0. The SMILES string of the molecule is COCCN(CCOC)S(=O)(=O)c1ccc(C(=O)N(CCCN(C)C)c2nc3ccc(F)cc3s2)cc1.Cl. The molecule has 0 atom stereocenters. The third-order valence-electron chi connectivity index (χ3n) is 5.63. The van der Waals surface area contributed by atoms with E-state index in [2.05, 4.69) is 4.98 Å². The molecule has 38 heavy (non-hydrogen) atoms. The Labute approximate surface area is 233 Å². The predicted molar refractivity (Wildman–Crippen MR) is 151 cm³/mol. The van der Waals surface area contributed by atoms with Gasteiger partial charge in [0.15, 0.2) is 5.13 Å². The number of nitrogens with zero attached hydrogens (tertiary/aromatic N) is 4. The molecular weight excluding hydrogens is 555 g/mol. The second-order valence-corrected chi connectivity index (χ2v) is 11.6. The molecule has 0 N–H and O–H groups in total. The van der Waals surface area contributed by atoms with Crippen LogP contribution in [-0.4, -0.2) is 96.2 Å². The molecule has 1 aromatic heterocycles. The van der Waals surface area contributed by atoms with Gasteiger partial charge in [0.2, 0.25) is 10.0 Å². The Hall–Kier alpha value is -2.19. The van der Waals surface area contributed by atoms with Crippen molar-refractivity contribution < 1.29 is 27.1 Å². The number of aromatic nitrogens is 1. The van der Waals surface area contributed by atoms with Gasteiger partial charge in [0, 0.05) is 39.4 Å². The lowest BCUT2D eigenvalue weighted by Gasteiger charge is -2.22. The zero-order valence-electron chi connectivity index (χ0n) is 21.9. The van der Waals surface area contributed by atoms with Crippen molar-refractivity contribution in [3.63, 3.8) is 0 Å². The standard InChI is InChI=1S/C25H33FN4O5S2.ClH/c1-28(2)12-5-13-30(25-27-22-11-8-20(26)18-23(22)36-25)24(31)19-6-9-21(10-7-19)37(32,33)29(14-16-34-3)15-17-35-4;/h6-11,18H,5,12-17H2,1-4H3;1H. The van der Waals surface area contributed by atoms with Crippen LogP contribution < -0.4 is 4.90 Å². The molecule has 1 heterocycles. The molecule has 13 heteroatoms. The number of carbonyl (C=O) groups excluding carboxylic acids is 1. The van der Waals surface area contributed by atoms with Crippen LogP contribution in [0.4, 0.5) is 9.52 Å². The molecule has 9 nitrogen and oxygen atoms in total. The van der Waals surface area contributed by atoms with Crippen molar-refractivity contribution in [1.29, 1.82) is 0 Å². The first-order chi connectivity index (χ1) is 17.7. The first kappa shape index (κ1) is 32.0. The fraction of sp³-hybridized carbons (Fsp3) is 0.440. The molecule has 0 bridgehead atoms. The van der Waals surface area contributed by atoms with E-state index >= 15 is 0 Å². The van der Waals surface area contributed by atoms with Crippen LogP contribution in [0.25, 0.3) is 10.2 Å². The molecule has 0 unspecified atom stereocenters. The third-order valence-corrected chi connectivity index (χ3v) is 8.58. The van der Waals surface area contributed by atoms with Gasteiger partial charge in [0.25, 0.3) is 5.91 Å². The second kappa shape index (κ2) is 14.8. The summed E-state index contributed by atoms with van der Waals surface area (Å²) in [6.07, 6.45) is 0.698. The highest BCUT2D eigenvalue weighted by Crippen LogP contribution is 2.30. The van der Waals surface area contributed by atoms with Gasteiger partial charge in [0.05, 0.1) is 28.3 Å². The van der Waals surface area contributed by atoms with E-state index < -0.39 is 10.0 Å². The molecule has 3 aromatic rings. The number of methoxy groups -OCH3 is 2. The zero-order chi connectivity index (χ0) is 27.0. The van der Waals surface area contributed by atoms with Crippen LogP contribution >= 0.6 is 23.7 Å². The molecular formula is C25H34ClFN4O5S2. The predicted octanol–water partition coefficient (Wildman–Crippen LogP) is 3.74. The van der Waals surface area contributed by atoms with Crippen LogP contribution in [0, 0.1) is 5.82 Å². The highest BCUT2D eigenvalue weighted by atomic mass is 35.5. The Kier molecular flexibility index (Phi) is 12.5. The van der Waals surface area contributed by atoms with Crippen LogP contribution in [0.3, 0.4) is 0 Å². The van der Waals surface area contributed by atoms with E-state index in [1.165, 1.54) is 66.3 Å². The average Bonchev–Trinajstić information content (AvgIpc) is 3.29. The average molecular weight is 589 g/mol. The molecule has 0 fully saturated rings. The third kappa shape index (κ3) is 8.15. The molecule has 0 aliphatic rings. The first-order valence-electron chi connectivity index (χ1n) is 11.8. The minimum Gasteiger partial charge on any atom is -0.383 e. The van der Waals surface area contributed by atoms with E-state index in [0.29, 0.717) is 33.9 Å². The highest BCUT2D eigenvalue weighted by molar-refractivity contribution is 7.89. The summed E-state index contributed by atoms with van der Waals surface area (Å²) in [6, 6.07) is 10.2. The van der Waals surface area contributed by atoms with Gasteiger partial charge in [-0.15, -0.1) is 12.4 Å². The maximum absolute atomic E-state index is 13.7. The zero-order valence-corrected chi connectivity index (χ0v) is 24.4. The van der Waals surface area contributed by atoms with Gasteiger partial charge in [-0.2, -0.15) is 4.31 Å². The van der Waals surface area contributed by atoms with E-state index in [1.54, 1.807) is 11.0 Å². The van der Waals surface area contributed by atoms with E-state index in [0.717, 1.165) is 6.54 Å². The number of carbonyl (C=O) groups is 1. The van der Waals surface area contributed by atoms with E-state index in [-0.39, 0.29) is 55.3 Å². The summed E-state index contributed by atoms with van der Waals surface area (Å²) in [4.78, 5) is 21.8. The van der Waals surface area contributed by atoms with Gasteiger partial charge in [-0.05, 0) is 69.5 Å². The second-order valence-electron chi connectivity index (χ2n) is 8.64. The summed E-state index contributed by atoms with van der Waals surface area (Å²) in [5, 5.41) is 0.464. The van der Waals surface area contributed by atoms with E-state index in [4.69, 9.17) is 9.47 Å². The fourth-order valence-corrected chi connectivity index (χ4v) is 6.07. The Morgan fingerprint density at radius 3 is 2.18 bits per heavy atom. The van der Waals surface area contributed by atoms with Crippen molar-refractivity contribution >= 4 is 55.0 Å². The summed E-state index contributed by atoms with van der Waals surface area (Å²) in [5.74, 6) is -0.673. The number of amides is 1. The molecule has 1 amide bonds. The lowest BCUT2D eigenvalue weighted by molar-refractivity contribution is 0.0986. The number of rotatable bonds is 14. The molecule has 0 spiro atoms. The molecule has 0 aliphatic heterocycles. The van der Waals surface area contributed by atoms with Crippen molar-refractivity contribution in [2.75, 3.05) is 72.6 Å². The maximum Gasteiger partial charge on any atom is 0.260 e. The number of fused-ring (bicyclic) bond motifs is 1. The molecule has 0 saturated heterocycles. The van der Waals surface area contributed by atoms with Gasteiger partial charge in [-0.1, -0.05) is 11.3 Å². The number of thiazole rings is 1. The summed E-state index contributed by atoms with van der Waals surface area (Å²) >= 11 is 1.24. The monoisotopic (exact) mass is 588 g/mol. The van der Waals surface area contributed by atoms with Gasteiger partial charge in [0.1, 0.15) is 5.82 Å². The summed E-state index contributed by atoms with van der Waals surface area (Å²) < 4.78 is 52.1. The Morgan fingerprint density at radius 1 is 0.974 bits per heavy atom. The lowest BCUT2D eigenvalue weighted by Crippen LogP contribution is -2.36. The normalized spacial score (nSPS) is 11.8. The van der Waals surface area contributed by atoms with Gasteiger partial charge >= 0.3 is 0 Å². The molecule has 3 rings (SSSR count). The first-order valence-corrected chi connectivity index (χ1v) is 14.0. The van der Waals surface area contributed by atoms with Crippen LogP contribution in [0.15, 0.2) is 47.4 Å². The quantitative estimate of drug-likeness (QED) is 0.283. The minimum absolute atomic E-state index is 0. The van der Waals surface area contributed by atoms with Gasteiger partial charge in [-0.25, -0.2) is 17.8 Å². The number of ether oxygens (including phenoxy) is 2. The van der Waals surface area contributed by atoms with E-state index in [1.807, 2.05) is 19.0 Å². The number of benzene rings is 2. The van der Waals surface area contributed by atoms with Crippen LogP contribution in [-0.2, 0) is 19.5 Å². The van der Waals surface area contributed by atoms with Crippen molar-refractivity contribution in [3.8, 4) is 0 Å². The van der Waals surface area contributed by atoms with Crippen molar-refractivity contribution in [2.24, 2.45) is 0 Å². The number of halogens is 2. The van der Waals surface area contributed by atoms with Crippen molar-refractivity contribution in [3.05, 3.63) is 53.8 Å². The molecule has 0 saturated carbocycles. The summed E-state index contributed by atoms with van der Waals surface area (Å²) in [5.41, 5.74) is 0.940. The number of anilines is 1. The Morgan fingerprint density at radius 2 is 1.61 bits per heavy atom. The molecule has 2 aromatic carbocycles. The fourth-order valence-electron chi connectivity index (χ4n) is 3.64. The van der Waals surface area contributed by atoms with Crippen molar-refractivity contribution in [1.82, 2.24) is 14.2 Å². The minimum atomic E-state index is -3.81. The molecule has 210 valence electrons. The largest absolute Gasteiger partial charge is 0.383 e. The van der Waals surface area contributed by atoms with Gasteiger partial charge in [-0.3, -0.25) is 9.69 Å². The molecule has 0 aliphatic carbocycles. The van der Waals surface area contributed by atoms with Crippen molar-refractivity contribution in [2.45, 2.75) is 11.3 Å². The Balaban J connectivity index is 0.00000507. The maximum atomic E-state index is 13.7. The number of sulfonamides is 1. The highest BCUT2D eigenvalue weighted by Gasteiger charge is 2.26. The lowest BCUT2D eigenvalue weighted by atomic mass is 10.2. The summed E-state index contributed by atoms with van der Waals surface area (Å²) in [7, 11) is 3.11. The van der Waals surface area contributed by atoms with Crippen LogP contribution in [0.5, 0.6) is 0 Å². The van der Waals surface area contributed by atoms with Crippen LogP contribution in [0.1, 0.15) is 16.8 Å². The smallest absolute Gasteiger partial charge is 0.260 e. The van der Waals surface area contributed by atoms with Crippen LogP contribution in [0.2, 0.25) is 0 Å². The number of hydrogen-bond acceptors (Lipinski definition) is 8. The van der Waals surface area contributed by atoms with E-state index in [9.17, 15) is 17.6 Å². The summed E-state index contributed by atoms with van der Waals surface area (Å²) in [6.45, 7) is 2.02. The topological polar surface area (TPSA) is 92.3 Å². The Bertz CT molecular complexity index is 1280. The van der Waals surface area contributed by atoms with Gasteiger partial charge < -0.3 is 14.4 Å². The molecule has 0 radical (unpaired) electrons.